The minimum atomic E-state index is -0.346. The Balaban J connectivity index is 1.06. The van der Waals surface area contributed by atoms with Gasteiger partial charge in [0.1, 0.15) is 11.5 Å². The van der Waals surface area contributed by atoms with Gasteiger partial charge in [0, 0.05) is 44.1 Å². The molecule has 3 heterocycles. The van der Waals surface area contributed by atoms with Gasteiger partial charge in [0.25, 0.3) is 0 Å². The van der Waals surface area contributed by atoms with E-state index >= 15 is 0 Å². The van der Waals surface area contributed by atoms with Crippen molar-refractivity contribution in [2.24, 2.45) is 5.92 Å². The Labute approximate surface area is 243 Å². The van der Waals surface area contributed by atoms with Gasteiger partial charge in [0.05, 0.1) is 11.3 Å². The molecule has 3 aromatic carbocycles. The van der Waals surface area contributed by atoms with Crippen molar-refractivity contribution in [1.29, 1.82) is 0 Å². The third kappa shape index (κ3) is 5.37. The highest BCUT2D eigenvalue weighted by Gasteiger charge is 2.23. The molecular formula is C31H34N8O3. The molecule has 1 fully saturated rings. The van der Waals surface area contributed by atoms with E-state index in [1.807, 2.05) is 24.3 Å². The molecule has 216 valence electrons. The van der Waals surface area contributed by atoms with Crippen molar-refractivity contribution in [3.05, 3.63) is 100 Å². The molecule has 0 spiro atoms. The number of aromatic nitrogens is 6. The Bertz CT molecular complexity index is 1740. The van der Waals surface area contributed by atoms with Gasteiger partial charge < -0.3 is 15.0 Å². The van der Waals surface area contributed by atoms with Crippen molar-refractivity contribution in [3.63, 3.8) is 0 Å². The first kappa shape index (κ1) is 27.3. The molecule has 0 amide bonds. The van der Waals surface area contributed by atoms with Gasteiger partial charge in [-0.1, -0.05) is 30.7 Å². The first-order valence-corrected chi connectivity index (χ1v) is 14.4. The smallest absolute Gasteiger partial charge is 0.366 e. The van der Waals surface area contributed by atoms with E-state index in [0.717, 1.165) is 60.8 Å². The molecule has 0 bridgehead atoms. The average molecular weight is 567 g/mol. The molecule has 2 aromatic heterocycles. The summed E-state index contributed by atoms with van der Waals surface area (Å²) in [5.41, 5.74) is 4.14. The number of aryl methyl sites for hydroxylation is 1. The average Bonchev–Trinajstić information content (AvgIpc) is 3.56. The zero-order chi connectivity index (χ0) is 29.2. The van der Waals surface area contributed by atoms with Gasteiger partial charge in [-0.05, 0) is 79.4 Å². The number of fused-ring (bicyclic) bond motifs is 1. The molecule has 1 saturated heterocycles. The molecule has 42 heavy (non-hydrogen) atoms. The van der Waals surface area contributed by atoms with Gasteiger partial charge >= 0.3 is 11.6 Å². The molecule has 0 saturated carbocycles. The van der Waals surface area contributed by atoms with Crippen LogP contribution in [0.3, 0.4) is 0 Å². The monoisotopic (exact) mass is 566 g/mol. The van der Waals surface area contributed by atoms with Crippen LogP contribution in [0.2, 0.25) is 0 Å². The predicted molar refractivity (Wildman–Crippen MR) is 161 cm³/mol. The van der Waals surface area contributed by atoms with Crippen LogP contribution >= 0.6 is 0 Å². The lowest BCUT2D eigenvalue weighted by Gasteiger charge is -2.37. The molecular weight excluding hydrogens is 532 g/mol. The molecule has 1 aliphatic heterocycles. The van der Waals surface area contributed by atoms with E-state index in [1.165, 1.54) is 0 Å². The summed E-state index contributed by atoms with van der Waals surface area (Å²) >= 11 is 0. The highest BCUT2D eigenvalue weighted by molar-refractivity contribution is 5.99. The SMILES string of the molecule is CC(C)CCCn1ncn(-c2ccc(N3CCN(c4ccc(C(=O)n5n[n+]([O-])c6ccccc65)cc4)CC3)cc2)c1=O. The summed E-state index contributed by atoms with van der Waals surface area (Å²) in [6.45, 7) is 8.35. The molecule has 0 N–H and O–H groups in total. The van der Waals surface area contributed by atoms with Crippen molar-refractivity contribution in [1.82, 2.24) is 24.2 Å². The zero-order valence-electron chi connectivity index (χ0n) is 23.8. The Morgan fingerprint density at radius 1 is 0.881 bits per heavy atom. The second kappa shape index (κ2) is 11.5. The standard InChI is InChI=1S/C31H34N8O3/c1-23(2)6-5-17-37-31(41)36(22-32-37)27-15-13-26(14-16-27)35-20-18-34(19-21-35)25-11-9-24(10-12-25)30(40)38-28-7-3-4-8-29(28)39(42)33-38/h3-4,7-16,22-23H,5-6,17-21H2,1-2H3. The summed E-state index contributed by atoms with van der Waals surface area (Å²) in [4.78, 5) is 31.0. The Kier molecular flexibility index (Phi) is 7.47. The third-order valence-corrected chi connectivity index (χ3v) is 7.82. The molecule has 0 atom stereocenters. The predicted octanol–water partition coefficient (Wildman–Crippen LogP) is 3.47. The number of carbonyl (C=O) groups is 1. The van der Waals surface area contributed by atoms with Crippen LogP contribution in [0.1, 0.15) is 37.0 Å². The van der Waals surface area contributed by atoms with E-state index in [-0.39, 0.29) is 11.6 Å². The van der Waals surface area contributed by atoms with Crippen LogP contribution < -0.4 is 20.3 Å². The van der Waals surface area contributed by atoms with E-state index in [9.17, 15) is 14.8 Å². The van der Waals surface area contributed by atoms with Gasteiger partial charge in [-0.3, -0.25) is 0 Å². The molecule has 6 rings (SSSR count). The quantitative estimate of drug-likeness (QED) is 0.209. The first-order valence-electron chi connectivity index (χ1n) is 14.4. The van der Waals surface area contributed by atoms with Crippen molar-refractivity contribution in [3.8, 4) is 5.69 Å². The Morgan fingerprint density at radius 3 is 2.12 bits per heavy atom. The first-order chi connectivity index (χ1) is 20.4. The topological polar surface area (TPSA) is 108 Å². The number of benzene rings is 3. The van der Waals surface area contributed by atoms with E-state index in [0.29, 0.717) is 33.9 Å². The fourth-order valence-electron chi connectivity index (χ4n) is 5.43. The lowest BCUT2D eigenvalue weighted by molar-refractivity contribution is -0.645. The van der Waals surface area contributed by atoms with E-state index in [1.54, 1.807) is 52.0 Å². The maximum Gasteiger partial charge on any atom is 0.366 e. The Morgan fingerprint density at radius 2 is 1.48 bits per heavy atom. The number of rotatable bonds is 8. The highest BCUT2D eigenvalue weighted by Crippen LogP contribution is 2.23. The Hall–Kier alpha value is -4.93. The maximum atomic E-state index is 13.1. The van der Waals surface area contributed by atoms with Crippen molar-refractivity contribution >= 4 is 28.3 Å². The van der Waals surface area contributed by atoms with E-state index in [2.05, 4.69) is 46.1 Å². The van der Waals surface area contributed by atoms with Crippen LogP contribution in [-0.2, 0) is 6.54 Å². The molecule has 0 unspecified atom stereocenters. The summed E-state index contributed by atoms with van der Waals surface area (Å²) in [7, 11) is 0. The van der Waals surface area contributed by atoms with Crippen LogP contribution in [0.25, 0.3) is 16.7 Å². The van der Waals surface area contributed by atoms with Crippen LogP contribution in [0, 0.1) is 11.1 Å². The number of carbonyl (C=O) groups excluding carboxylic acids is 1. The molecule has 11 heteroatoms. The normalized spacial score (nSPS) is 13.8. The van der Waals surface area contributed by atoms with Gasteiger partial charge in [-0.2, -0.15) is 5.10 Å². The number of nitrogens with zero attached hydrogens (tertiary/aromatic N) is 8. The highest BCUT2D eigenvalue weighted by atomic mass is 16.5. The fourth-order valence-corrected chi connectivity index (χ4v) is 5.43. The van der Waals surface area contributed by atoms with Gasteiger partial charge in [-0.25, -0.2) is 18.8 Å². The third-order valence-electron chi connectivity index (χ3n) is 7.82. The lowest BCUT2D eigenvalue weighted by atomic mass is 10.1. The summed E-state index contributed by atoms with van der Waals surface area (Å²) in [6.07, 6.45) is 3.61. The summed E-state index contributed by atoms with van der Waals surface area (Å²) in [5.74, 6) is 0.263. The van der Waals surface area contributed by atoms with Crippen LogP contribution in [0.15, 0.2) is 83.9 Å². The van der Waals surface area contributed by atoms with Crippen molar-refractivity contribution < 1.29 is 9.64 Å². The minimum absolute atomic E-state index is 0.111. The largest absolute Gasteiger partial charge is 0.691 e. The molecule has 0 aliphatic carbocycles. The number of hydrogen-bond donors (Lipinski definition) is 0. The van der Waals surface area contributed by atoms with E-state index in [4.69, 9.17) is 0 Å². The second-order valence-electron chi connectivity index (χ2n) is 11.0. The molecule has 5 aromatic rings. The van der Waals surface area contributed by atoms with Crippen LogP contribution in [0.4, 0.5) is 11.4 Å². The fraction of sp³-hybridized carbons (Fsp3) is 0.323. The van der Waals surface area contributed by atoms with Crippen LogP contribution in [-0.4, -0.2) is 56.3 Å². The molecule has 11 nitrogen and oxygen atoms in total. The number of anilines is 2. The number of hydrogen-bond acceptors (Lipinski definition) is 7. The summed E-state index contributed by atoms with van der Waals surface area (Å²) in [6, 6.07) is 22.4. The maximum absolute atomic E-state index is 13.1. The lowest BCUT2D eigenvalue weighted by Crippen LogP contribution is -2.46. The second-order valence-corrected chi connectivity index (χ2v) is 11.0. The number of piperazine rings is 1. The zero-order valence-corrected chi connectivity index (χ0v) is 23.8. The molecule has 0 radical (unpaired) electrons. The van der Waals surface area contributed by atoms with Gasteiger partial charge in [-0.15, -0.1) is 4.85 Å². The van der Waals surface area contributed by atoms with Crippen LogP contribution in [0.5, 0.6) is 0 Å². The van der Waals surface area contributed by atoms with Crippen molar-refractivity contribution in [2.45, 2.75) is 33.2 Å². The summed E-state index contributed by atoms with van der Waals surface area (Å²) < 4.78 is 4.29. The van der Waals surface area contributed by atoms with Crippen molar-refractivity contribution in [2.75, 3.05) is 36.0 Å². The van der Waals surface area contributed by atoms with Gasteiger partial charge in [0.15, 0.2) is 0 Å². The summed E-state index contributed by atoms with van der Waals surface area (Å²) in [5, 5.41) is 20.2. The van der Waals surface area contributed by atoms with E-state index < -0.39 is 0 Å². The number of para-hydroxylation sites is 2. The van der Waals surface area contributed by atoms with Gasteiger partial charge in [0.2, 0.25) is 11.0 Å². The molecule has 1 aliphatic rings. The minimum Gasteiger partial charge on any atom is -0.691 e.